The first kappa shape index (κ1) is 28.9. The smallest absolute Gasteiger partial charge is 0.249 e. The van der Waals surface area contributed by atoms with Crippen molar-refractivity contribution < 1.29 is 19.2 Å². The second-order valence-electron chi connectivity index (χ2n) is 13.0. The maximum atomic E-state index is 14.4. The number of aryl methyl sites for hydroxylation is 1. The van der Waals surface area contributed by atoms with Crippen LogP contribution in [0.1, 0.15) is 81.9 Å². The van der Waals surface area contributed by atoms with Crippen molar-refractivity contribution in [1.29, 1.82) is 0 Å². The van der Waals surface area contributed by atoms with E-state index in [0.717, 1.165) is 69.8 Å². The SMILES string of the molecule is CN[C@@H](C)C(=O)N[C@H](C(=O)N1C=C[C@@H]2[C@H]1[C@@H](C(=O)NC1CCCc3ccccc31)CN2C(=O)C1CC1)C1CCCCC1. The Labute approximate surface area is 248 Å². The Morgan fingerprint density at radius 2 is 1.71 bits per heavy atom. The average molecular weight is 576 g/mol. The number of likely N-dealkylation sites (tertiary alicyclic amines) is 1. The number of fused-ring (bicyclic) bond motifs is 2. The van der Waals surface area contributed by atoms with Gasteiger partial charge in [-0.3, -0.25) is 19.2 Å². The van der Waals surface area contributed by atoms with E-state index in [4.69, 9.17) is 0 Å². The zero-order valence-electron chi connectivity index (χ0n) is 24.9. The van der Waals surface area contributed by atoms with Crippen molar-refractivity contribution in [1.82, 2.24) is 25.8 Å². The highest BCUT2D eigenvalue weighted by Gasteiger charge is 2.55. The van der Waals surface area contributed by atoms with Crippen molar-refractivity contribution in [3.8, 4) is 0 Å². The van der Waals surface area contributed by atoms with Crippen LogP contribution in [0.2, 0.25) is 0 Å². The van der Waals surface area contributed by atoms with Crippen molar-refractivity contribution >= 4 is 23.6 Å². The molecule has 4 amide bonds. The van der Waals surface area contributed by atoms with Gasteiger partial charge in [-0.25, -0.2) is 0 Å². The Hall–Kier alpha value is -3.20. The first-order valence-corrected chi connectivity index (χ1v) is 16.0. The quantitative estimate of drug-likeness (QED) is 0.442. The van der Waals surface area contributed by atoms with Crippen LogP contribution >= 0.6 is 0 Å². The zero-order valence-corrected chi connectivity index (χ0v) is 24.9. The van der Waals surface area contributed by atoms with Gasteiger partial charge in [0.05, 0.1) is 30.1 Å². The summed E-state index contributed by atoms with van der Waals surface area (Å²) in [4.78, 5) is 58.4. The van der Waals surface area contributed by atoms with Crippen molar-refractivity contribution in [2.45, 2.75) is 101 Å². The number of carbonyl (C=O) groups excluding carboxylic acids is 4. The lowest BCUT2D eigenvalue weighted by molar-refractivity contribution is -0.140. The van der Waals surface area contributed by atoms with Gasteiger partial charge in [-0.2, -0.15) is 0 Å². The summed E-state index contributed by atoms with van der Waals surface area (Å²) in [6, 6.07) is 6.28. The van der Waals surface area contributed by atoms with Crippen LogP contribution in [-0.4, -0.2) is 71.2 Å². The lowest BCUT2D eigenvalue weighted by Crippen LogP contribution is -2.57. The third-order valence-corrected chi connectivity index (χ3v) is 10.3. The molecule has 226 valence electrons. The molecule has 2 aliphatic heterocycles. The third kappa shape index (κ3) is 5.60. The molecule has 2 heterocycles. The van der Waals surface area contributed by atoms with Gasteiger partial charge >= 0.3 is 0 Å². The van der Waals surface area contributed by atoms with E-state index in [2.05, 4.69) is 28.1 Å². The van der Waals surface area contributed by atoms with Gasteiger partial charge in [0.1, 0.15) is 6.04 Å². The zero-order chi connectivity index (χ0) is 29.4. The molecule has 1 unspecified atom stereocenters. The topological polar surface area (TPSA) is 111 Å². The fourth-order valence-corrected chi connectivity index (χ4v) is 7.58. The minimum Gasteiger partial charge on any atom is -0.349 e. The summed E-state index contributed by atoms with van der Waals surface area (Å²) in [7, 11) is 1.73. The largest absolute Gasteiger partial charge is 0.349 e. The maximum absolute atomic E-state index is 14.4. The van der Waals surface area contributed by atoms with E-state index >= 15 is 0 Å². The number of hydrogen-bond acceptors (Lipinski definition) is 5. The van der Waals surface area contributed by atoms with E-state index in [1.165, 1.54) is 5.56 Å². The molecule has 9 heteroatoms. The average Bonchev–Trinajstić information content (AvgIpc) is 3.68. The molecule has 0 aromatic heterocycles. The molecule has 9 nitrogen and oxygen atoms in total. The fourth-order valence-electron chi connectivity index (χ4n) is 7.58. The molecule has 0 bridgehead atoms. The highest BCUT2D eigenvalue weighted by atomic mass is 16.2. The van der Waals surface area contributed by atoms with Gasteiger partial charge in [-0.15, -0.1) is 0 Å². The van der Waals surface area contributed by atoms with Crippen LogP contribution < -0.4 is 16.0 Å². The van der Waals surface area contributed by atoms with Crippen LogP contribution in [0.3, 0.4) is 0 Å². The van der Waals surface area contributed by atoms with E-state index < -0.39 is 24.0 Å². The number of benzene rings is 1. The van der Waals surface area contributed by atoms with E-state index in [1.54, 1.807) is 25.1 Å². The molecule has 5 aliphatic rings. The first-order chi connectivity index (χ1) is 20.4. The van der Waals surface area contributed by atoms with Crippen molar-refractivity contribution in [2.24, 2.45) is 17.8 Å². The highest BCUT2D eigenvalue weighted by Crippen LogP contribution is 2.41. The van der Waals surface area contributed by atoms with Gasteiger partial charge in [0.25, 0.3) is 0 Å². The van der Waals surface area contributed by atoms with Crippen LogP contribution in [0.4, 0.5) is 0 Å². The number of rotatable bonds is 8. The summed E-state index contributed by atoms with van der Waals surface area (Å²) >= 11 is 0. The van der Waals surface area contributed by atoms with Crippen LogP contribution in [0.15, 0.2) is 36.5 Å². The molecule has 1 saturated heterocycles. The Kier molecular flexibility index (Phi) is 8.39. The summed E-state index contributed by atoms with van der Waals surface area (Å²) < 4.78 is 0. The lowest BCUT2D eigenvalue weighted by Gasteiger charge is -2.36. The van der Waals surface area contributed by atoms with Crippen LogP contribution in [0, 0.1) is 17.8 Å². The fraction of sp³-hybridized carbons (Fsp3) is 0.636. The van der Waals surface area contributed by atoms with Gasteiger partial charge in [0, 0.05) is 18.7 Å². The number of likely N-dealkylation sites (N-methyl/N-ethyl adjacent to an activating group) is 1. The molecule has 3 aliphatic carbocycles. The predicted octanol–water partition coefficient (Wildman–Crippen LogP) is 2.81. The Morgan fingerprint density at radius 3 is 2.45 bits per heavy atom. The summed E-state index contributed by atoms with van der Waals surface area (Å²) in [6.45, 7) is 2.09. The van der Waals surface area contributed by atoms with Gasteiger partial charge in [0.2, 0.25) is 23.6 Å². The number of carbonyl (C=O) groups is 4. The summed E-state index contributed by atoms with van der Waals surface area (Å²) in [5.74, 6) is -0.892. The van der Waals surface area contributed by atoms with Crippen molar-refractivity contribution in [2.75, 3.05) is 13.6 Å². The minimum atomic E-state index is -0.667. The monoisotopic (exact) mass is 575 g/mol. The molecule has 3 fully saturated rings. The summed E-state index contributed by atoms with van der Waals surface area (Å²) in [6.07, 6.45) is 13.3. The lowest BCUT2D eigenvalue weighted by atomic mass is 9.82. The van der Waals surface area contributed by atoms with Gasteiger partial charge in [0.15, 0.2) is 0 Å². The summed E-state index contributed by atoms with van der Waals surface area (Å²) in [5, 5.41) is 9.36. The van der Waals surface area contributed by atoms with Crippen LogP contribution in [0.25, 0.3) is 0 Å². The van der Waals surface area contributed by atoms with Gasteiger partial charge in [-0.1, -0.05) is 43.5 Å². The number of amides is 4. The Bertz CT molecular complexity index is 1240. The molecular formula is C33H45N5O4. The van der Waals surface area contributed by atoms with E-state index in [0.29, 0.717) is 6.54 Å². The molecular weight excluding hydrogens is 530 g/mol. The standard InChI is InChI=1S/C33H45N5O4/c1-20(34-2)30(39)36-28(22-10-4-3-5-11-22)33(42)37-18-17-27-29(37)25(19-38(27)32(41)23-15-16-23)31(40)35-26-14-8-12-21-9-6-7-13-24(21)26/h6-7,9,13,17-18,20,22-23,25-29,34H,3-5,8,10-12,14-16,19H2,1-2H3,(H,35,40)(H,36,39)/t20-,25-,26?,27+,28-,29+/m0/s1. The van der Waals surface area contributed by atoms with E-state index in [-0.39, 0.29) is 47.5 Å². The van der Waals surface area contributed by atoms with Crippen LogP contribution in [0.5, 0.6) is 0 Å². The third-order valence-electron chi connectivity index (χ3n) is 10.3. The molecule has 42 heavy (non-hydrogen) atoms. The van der Waals surface area contributed by atoms with E-state index in [9.17, 15) is 19.2 Å². The summed E-state index contributed by atoms with van der Waals surface area (Å²) in [5.41, 5.74) is 2.43. The molecule has 1 aromatic carbocycles. The Morgan fingerprint density at radius 1 is 0.952 bits per heavy atom. The maximum Gasteiger partial charge on any atom is 0.249 e. The molecule has 2 saturated carbocycles. The molecule has 1 aromatic rings. The molecule has 0 radical (unpaired) electrons. The normalized spacial score (nSPS) is 28.5. The second-order valence-corrected chi connectivity index (χ2v) is 13.0. The number of nitrogens with one attached hydrogen (secondary N) is 3. The minimum absolute atomic E-state index is 0.0214. The van der Waals surface area contributed by atoms with Crippen LogP contribution in [-0.2, 0) is 25.6 Å². The number of hydrogen-bond donors (Lipinski definition) is 3. The molecule has 3 N–H and O–H groups in total. The molecule has 6 rings (SSSR count). The van der Waals surface area contributed by atoms with Crippen molar-refractivity contribution in [3.63, 3.8) is 0 Å². The molecule has 0 spiro atoms. The number of nitrogens with zero attached hydrogens (tertiary/aromatic N) is 2. The van der Waals surface area contributed by atoms with E-state index in [1.807, 2.05) is 23.1 Å². The first-order valence-electron chi connectivity index (χ1n) is 16.0. The predicted molar refractivity (Wildman–Crippen MR) is 159 cm³/mol. The molecule has 6 atom stereocenters. The van der Waals surface area contributed by atoms with Gasteiger partial charge < -0.3 is 25.8 Å². The highest BCUT2D eigenvalue weighted by molar-refractivity contribution is 5.92. The Balaban J connectivity index is 1.26. The second kappa shape index (κ2) is 12.2. The van der Waals surface area contributed by atoms with Crippen molar-refractivity contribution in [3.05, 3.63) is 47.7 Å². The van der Waals surface area contributed by atoms with Gasteiger partial charge in [-0.05, 0) is 82.0 Å².